The van der Waals surface area contributed by atoms with Crippen LogP contribution in [0.4, 0.5) is 0 Å². The Hall–Kier alpha value is -2.42. The predicted octanol–water partition coefficient (Wildman–Crippen LogP) is 7.28. The van der Waals surface area contributed by atoms with E-state index in [0.29, 0.717) is 17.6 Å². The predicted molar refractivity (Wildman–Crippen MR) is 169 cm³/mol. The Morgan fingerprint density at radius 2 is 1.38 bits per heavy atom. The maximum absolute atomic E-state index is 5.79. The zero-order chi connectivity index (χ0) is 28.2. The monoisotopic (exact) mass is 558 g/mol. The molecule has 2 fully saturated rings. The summed E-state index contributed by atoms with van der Waals surface area (Å²) in [4.78, 5) is 4.64. The Kier molecular flexibility index (Phi) is 9.49. The fourth-order valence-electron chi connectivity index (χ4n) is 7.73. The van der Waals surface area contributed by atoms with Gasteiger partial charge >= 0.3 is 0 Å². The highest BCUT2D eigenvalue weighted by atomic mass is 31.1. The van der Waals surface area contributed by atoms with Crippen LogP contribution >= 0.6 is 7.92 Å². The number of pyridine rings is 1. The molecule has 0 radical (unpaired) electrons. The summed E-state index contributed by atoms with van der Waals surface area (Å²) >= 11 is 0. The summed E-state index contributed by atoms with van der Waals surface area (Å²) < 4.78 is 11.6. The maximum atomic E-state index is 5.79. The maximum Gasteiger partial charge on any atom is 0.124 e. The summed E-state index contributed by atoms with van der Waals surface area (Å²) in [5, 5.41) is 7.07. The molecule has 5 rings (SSSR count). The lowest BCUT2D eigenvalue weighted by atomic mass is 9.85. The van der Waals surface area contributed by atoms with Crippen LogP contribution in [0, 0.1) is 39.5 Å². The summed E-state index contributed by atoms with van der Waals surface area (Å²) in [7, 11) is 3.01. The second-order valence-electron chi connectivity index (χ2n) is 12.0. The molecule has 3 atom stereocenters. The summed E-state index contributed by atoms with van der Waals surface area (Å²) in [5.41, 5.74) is 6.73. The molecule has 2 aromatic carbocycles. The number of aryl methyl sites for hydroxylation is 4. The second-order valence-corrected chi connectivity index (χ2v) is 14.5. The van der Waals surface area contributed by atoms with Gasteiger partial charge in [-0.2, -0.15) is 0 Å². The minimum Gasteiger partial charge on any atom is -0.496 e. The van der Waals surface area contributed by atoms with Crippen LogP contribution < -0.4 is 25.4 Å². The normalized spacial score (nSPS) is 20.3. The van der Waals surface area contributed by atoms with Crippen LogP contribution in [-0.2, 0) is 6.54 Å². The molecule has 214 valence electrons. The van der Waals surface area contributed by atoms with E-state index in [-0.39, 0.29) is 0 Å². The average Bonchev–Trinajstić information content (AvgIpc) is 3.63. The van der Waals surface area contributed by atoms with E-state index in [1.807, 2.05) is 12.3 Å². The third kappa shape index (κ3) is 6.09. The molecule has 0 bridgehead atoms. The van der Waals surface area contributed by atoms with Crippen molar-refractivity contribution in [3.05, 3.63) is 76.6 Å². The number of benzene rings is 2. The van der Waals surface area contributed by atoms with Crippen LogP contribution in [-0.4, -0.2) is 30.9 Å². The van der Waals surface area contributed by atoms with E-state index in [4.69, 9.17) is 9.47 Å². The first-order chi connectivity index (χ1) is 19.4. The van der Waals surface area contributed by atoms with E-state index in [1.165, 1.54) is 77.8 Å². The third-order valence-corrected chi connectivity index (χ3v) is 12.3. The number of nitrogens with one attached hydrogen (secondary N) is 1. The smallest absolute Gasteiger partial charge is 0.124 e. The third-order valence-electron chi connectivity index (χ3n) is 9.33. The SMILES string of the molecule is COc1c(C)cc(P(c2cc(C)c(OC)c(C)c2)C2CCCC2[C@H](NCc2ccccn2)C2CCCC2)cc1C. The van der Waals surface area contributed by atoms with Crippen LogP contribution in [0.25, 0.3) is 0 Å². The van der Waals surface area contributed by atoms with Crippen molar-refractivity contribution in [3.63, 3.8) is 0 Å². The van der Waals surface area contributed by atoms with Gasteiger partial charge in [-0.25, -0.2) is 0 Å². The van der Waals surface area contributed by atoms with Gasteiger partial charge in [-0.3, -0.25) is 4.98 Å². The standard InChI is InChI=1S/C35H47N2O2P/c1-23-18-29(19-24(2)34(23)38-5)40(30-20-25(3)35(39-6)26(4)21-30)32-16-11-15-31(32)33(27-12-7-8-13-27)37-22-28-14-9-10-17-36-28/h9-10,14,17-21,27,31-33,37H,7-8,11-13,15-16,22H2,1-6H3/t31?,32?,33-/m1/s1. The Morgan fingerprint density at radius 3 is 1.88 bits per heavy atom. The molecule has 0 aliphatic heterocycles. The number of nitrogens with zero attached hydrogens (tertiary/aromatic N) is 1. The van der Waals surface area contributed by atoms with Crippen molar-refractivity contribution in [3.8, 4) is 11.5 Å². The van der Waals surface area contributed by atoms with Crippen LogP contribution in [0.3, 0.4) is 0 Å². The van der Waals surface area contributed by atoms with Gasteiger partial charge in [-0.1, -0.05) is 25.3 Å². The molecule has 40 heavy (non-hydrogen) atoms. The largest absolute Gasteiger partial charge is 0.496 e. The first kappa shape index (κ1) is 29.1. The van der Waals surface area contributed by atoms with Crippen molar-refractivity contribution in [1.82, 2.24) is 10.3 Å². The van der Waals surface area contributed by atoms with Crippen molar-refractivity contribution in [2.24, 2.45) is 11.8 Å². The van der Waals surface area contributed by atoms with Crippen LogP contribution in [0.1, 0.15) is 72.9 Å². The van der Waals surface area contributed by atoms with Crippen molar-refractivity contribution in [2.45, 2.75) is 90.9 Å². The molecular formula is C35H47N2O2P. The van der Waals surface area contributed by atoms with Crippen molar-refractivity contribution in [1.29, 1.82) is 0 Å². The van der Waals surface area contributed by atoms with Gasteiger partial charge in [0.1, 0.15) is 11.5 Å². The van der Waals surface area contributed by atoms with Crippen molar-refractivity contribution < 1.29 is 9.47 Å². The second kappa shape index (κ2) is 13.0. The minimum atomic E-state index is -0.569. The zero-order valence-corrected chi connectivity index (χ0v) is 26.2. The Labute approximate surface area is 243 Å². The molecule has 1 N–H and O–H groups in total. The summed E-state index contributed by atoms with van der Waals surface area (Å²) in [6.45, 7) is 9.67. The van der Waals surface area contributed by atoms with Gasteiger partial charge in [0.2, 0.25) is 0 Å². The quantitative estimate of drug-likeness (QED) is 0.266. The Morgan fingerprint density at radius 1 is 0.800 bits per heavy atom. The van der Waals surface area contributed by atoms with Crippen LogP contribution in [0.5, 0.6) is 11.5 Å². The molecule has 2 saturated carbocycles. The summed E-state index contributed by atoms with van der Waals surface area (Å²) in [5.74, 6) is 3.45. The minimum absolute atomic E-state index is 0.530. The van der Waals surface area contributed by atoms with E-state index < -0.39 is 7.92 Å². The van der Waals surface area contributed by atoms with Gasteiger partial charge in [0, 0.05) is 18.8 Å². The highest BCUT2D eigenvalue weighted by Crippen LogP contribution is 2.53. The lowest BCUT2D eigenvalue weighted by molar-refractivity contribution is 0.261. The first-order valence-electron chi connectivity index (χ1n) is 15.1. The lowest BCUT2D eigenvalue weighted by Gasteiger charge is -2.38. The summed E-state index contributed by atoms with van der Waals surface area (Å²) in [6, 6.07) is 16.5. The fourth-order valence-corrected chi connectivity index (χ4v) is 11.3. The molecule has 0 spiro atoms. The molecule has 0 amide bonds. The van der Waals surface area contributed by atoms with Crippen LogP contribution in [0.2, 0.25) is 0 Å². The number of ether oxygens (including phenoxy) is 2. The van der Waals surface area contributed by atoms with Crippen molar-refractivity contribution in [2.75, 3.05) is 14.2 Å². The zero-order valence-electron chi connectivity index (χ0n) is 25.3. The Balaban J connectivity index is 1.57. The highest BCUT2D eigenvalue weighted by molar-refractivity contribution is 7.73. The van der Waals surface area contributed by atoms with E-state index >= 15 is 0 Å². The fraction of sp³-hybridized carbons (Fsp3) is 0.514. The van der Waals surface area contributed by atoms with Gasteiger partial charge < -0.3 is 14.8 Å². The van der Waals surface area contributed by atoms with Gasteiger partial charge in [0.15, 0.2) is 0 Å². The molecular weight excluding hydrogens is 511 g/mol. The van der Waals surface area contributed by atoms with Crippen molar-refractivity contribution >= 4 is 18.5 Å². The number of hydrogen-bond acceptors (Lipinski definition) is 4. The lowest BCUT2D eigenvalue weighted by Crippen LogP contribution is -2.45. The number of aromatic nitrogens is 1. The molecule has 0 saturated heterocycles. The van der Waals surface area contributed by atoms with E-state index in [0.717, 1.165) is 29.7 Å². The van der Waals surface area contributed by atoms with E-state index in [2.05, 4.69) is 74.4 Å². The number of rotatable bonds is 10. The number of hydrogen-bond donors (Lipinski definition) is 1. The topological polar surface area (TPSA) is 43.4 Å². The average molecular weight is 559 g/mol. The Bertz CT molecular complexity index is 1180. The molecule has 2 aliphatic carbocycles. The van der Waals surface area contributed by atoms with E-state index in [1.54, 1.807) is 14.2 Å². The molecule has 2 unspecified atom stereocenters. The van der Waals surface area contributed by atoms with Gasteiger partial charge in [-0.05, 0) is 148 Å². The highest BCUT2D eigenvalue weighted by Gasteiger charge is 2.43. The number of methoxy groups -OCH3 is 2. The summed E-state index contributed by atoms with van der Waals surface area (Å²) in [6.07, 6.45) is 11.3. The van der Waals surface area contributed by atoms with E-state index in [9.17, 15) is 0 Å². The van der Waals surface area contributed by atoms with Gasteiger partial charge in [-0.15, -0.1) is 0 Å². The molecule has 2 aliphatic rings. The molecule has 3 aromatic rings. The molecule has 1 aromatic heterocycles. The molecule has 5 heteroatoms. The molecule has 4 nitrogen and oxygen atoms in total. The molecule has 1 heterocycles. The first-order valence-corrected chi connectivity index (χ1v) is 16.5. The van der Waals surface area contributed by atoms with Crippen LogP contribution in [0.15, 0.2) is 48.7 Å². The van der Waals surface area contributed by atoms with Gasteiger partial charge in [0.25, 0.3) is 0 Å². The van der Waals surface area contributed by atoms with Gasteiger partial charge in [0.05, 0.1) is 19.9 Å².